The molecule has 1 amide bonds. The Morgan fingerprint density at radius 3 is 2.47 bits per heavy atom. The molecule has 1 aliphatic rings. The zero-order chi connectivity index (χ0) is 24.7. The first-order valence-corrected chi connectivity index (χ1v) is 12.3. The Balaban J connectivity index is 1.88. The lowest BCUT2D eigenvalue weighted by atomic mass is 9.83. The molecule has 34 heavy (non-hydrogen) atoms. The first kappa shape index (κ1) is 24.1. The number of aromatic nitrogens is 3. The minimum atomic E-state index is -1.44. The Morgan fingerprint density at radius 2 is 1.97 bits per heavy atom. The van der Waals surface area contributed by atoms with Gasteiger partial charge in [0.25, 0.3) is 5.91 Å². The summed E-state index contributed by atoms with van der Waals surface area (Å²) in [6, 6.07) is 6.79. The molecule has 2 aromatic heterocycles. The molecule has 1 N–H and O–H groups in total. The molecule has 0 spiro atoms. The van der Waals surface area contributed by atoms with E-state index in [1.165, 1.54) is 22.6 Å². The van der Waals surface area contributed by atoms with E-state index in [9.17, 15) is 14.7 Å². The van der Waals surface area contributed by atoms with Gasteiger partial charge in [-0.1, -0.05) is 46.8 Å². The average Bonchev–Trinajstić information content (AvgIpc) is 3.52. The number of thiazole rings is 1. The fourth-order valence-corrected chi connectivity index (χ4v) is 5.75. The van der Waals surface area contributed by atoms with Crippen molar-refractivity contribution < 1.29 is 19.1 Å². The van der Waals surface area contributed by atoms with Crippen molar-refractivity contribution in [1.82, 2.24) is 20.1 Å². The van der Waals surface area contributed by atoms with Gasteiger partial charge in [-0.2, -0.15) is 0 Å². The predicted octanol–water partition coefficient (Wildman–Crippen LogP) is 5.06. The normalized spacial score (nSPS) is 22.9. The van der Waals surface area contributed by atoms with Crippen LogP contribution in [-0.2, 0) is 10.2 Å². The number of hydrogen-bond acceptors (Lipinski definition) is 7. The lowest BCUT2D eigenvalue weighted by Gasteiger charge is -2.38. The van der Waals surface area contributed by atoms with Crippen molar-refractivity contribution in [3.63, 3.8) is 0 Å². The molecule has 1 saturated heterocycles. The van der Waals surface area contributed by atoms with Crippen molar-refractivity contribution >= 4 is 23.2 Å². The number of likely N-dealkylation sites (tertiary alicyclic amines) is 1. The van der Waals surface area contributed by atoms with E-state index in [4.69, 9.17) is 4.42 Å². The minimum absolute atomic E-state index is 0.0352. The Kier molecular flexibility index (Phi) is 6.33. The number of nitrogens with zero attached hydrogens (tertiary/aromatic N) is 4. The van der Waals surface area contributed by atoms with Crippen LogP contribution in [0.1, 0.15) is 86.2 Å². The minimum Gasteiger partial charge on any atom is -0.479 e. The van der Waals surface area contributed by atoms with Crippen LogP contribution in [0.3, 0.4) is 0 Å². The number of hydrogen-bond donors (Lipinski definition) is 1. The summed E-state index contributed by atoms with van der Waals surface area (Å²) in [4.78, 5) is 33.0. The first-order valence-electron chi connectivity index (χ1n) is 11.4. The van der Waals surface area contributed by atoms with Gasteiger partial charge in [-0.15, -0.1) is 21.5 Å². The van der Waals surface area contributed by atoms with Crippen molar-refractivity contribution in [2.45, 2.75) is 70.4 Å². The fourth-order valence-electron chi connectivity index (χ4n) is 4.96. The summed E-state index contributed by atoms with van der Waals surface area (Å²) in [5.74, 6) is -1.52. The van der Waals surface area contributed by atoms with Crippen molar-refractivity contribution in [1.29, 1.82) is 0 Å². The number of amides is 1. The molecule has 3 atom stereocenters. The summed E-state index contributed by atoms with van der Waals surface area (Å²) in [5.41, 5.74) is 0.0283. The fraction of sp³-hybridized carbons (Fsp3) is 0.480. The van der Waals surface area contributed by atoms with E-state index >= 15 is 0 Å². The average molecular weight is 483 g/mol. The summed E-state index contributed by atoms with van der Waals surface area (Å²) in [5, 5.41) is 21.0. The summed E-state index contributed by atoms with van der Waals surface area (Å²) in [6.45, 7) is 10.2. The van der Waals surface area contributed by atoms with Gasteiger partial charge in [-0.05, 0) is 41.9 Å². The van der Waals surface area contributed by atoms with E-state index < -0.39 is 23.5 Å². The highest BCUT2D eigenvalue weighted by Gasteiger charge is 2.61. The third kappa shape index (κ3) is 4.24. The Labute approximate surface area is 203 Å². The van der Waals surface area contributed by atoms with Gasteiger partial charge in [-0.25, -0.2) is 9.78 Å². The van der Waals surface area contributed by atoms with Crippen molar-refractivity contribution in [3.8, 4) is 0 Å². The van der Waals surface area contributed by atoms with Crippen LogP contribution in [0.25, 0.3) is 0 Å². The van der Waals surface area contributed by atoms with E-state index in [0.717, 1.165) is 5.56 Å². The molecule has 3 heterocycles. The van der Waals surface area contributed by atoms with Gasteiger partial charge in [-0.3, -0.25) is 4.79 Å². The van der Waals surface area contributed by atoms with Crippen LogP contribution in [0.15, 0.2) is 46.7 Å². The van der Waals surface area contributed by atoms with Crippen LogP contribution < -0.4 is 0 Å². The van der Waals surface area contributed by atoms with Crippen LogP contribution in [0.2, 0.25) is 0 Å². The van der Waals surface area contributed by atoms with Crippen LogP contribution in [0, 0.1) is 5.92 Å². The highest BCUT2D eigenvalue weighted by atomic mass is 32.1. The van der Waals surface area contributed by atoms with E-state index in [1.807, 2.05) is 31.4 Å². The van der Waals surface area contributed by atoms with Gasteiger partial charge in [0, 0.05) is 17.1 Å². The third-order valence-electron chi connectivity index (χ3n) is 6.44. The number of carboxylic acid groups (broad SMARTS) is 1. The lowest BCUT2D eigenvalue weighted by molar-refractivity contribution is -0.150. The number of rotatable bonds is 6. The van der Waals surface area contributed by atoms with Crippen molar-refractivity contribution in [2.24, 2.45) is 5.92 Å². The first-order chi connectivity index (χ1) is 16.0. The molecule has 1 aromatic carbocycles. The number of carbonyl (C=O) groups excluding carboxylic acids is 1. The van der Waals surface area contributed by atoms with Crippen molar-refractivity contribution in [3.05, 3.63) is 64.3 Å². The van der Waals surface area contributed by atoms with Gasteiger partial charge in [0.05, 0.1) is 12.0 Å². The van der Waals surface area contributed by atoms with Crippen LogP contribution in [0.4, 0.5) is 0 Å². The van der Waals surface area contributed by atoms with E-state index in [-0.39, 0.29) is 23.7 Å². The molecule has 9 heteroatoms. The second kappa shape index (κ2) is 8.94. The standard InChI is InChI=1S/C25H30N4O4S/c1-15(2)12-25(23(31)32)13-18(20-28-27-14-33-20)19(21-26-10-11-34-21)29(25)22(30)16-6-8-17(9-7-16)24(3,4)5/h6-11,14-15,18-19H,12-13H2,1-5H3,(H,31,32)/t18-,19-,25+/m1/s1. The van der Waals surface area contributed by atoms with Gasteiger partial charge >= 0.3 is 5.97 Å². The molecule has 0 saturated carbocycles. The van der Waals surface area contributed by atoms with Gasteiger partial charge in [0.1, 0.15) is 10.5 Å². The highest BCUT2D eigenvalue weighted by molar-refractivity contribution is 7.09. The van der Waals surface area contributed by atoms with Crippen molar-refractivity contribution in [2.75, 3.05) is 0 Å². The number of carbonyl (C=O) groups is 2. The number of benzene rings is 1. The highest BCUT2D eigenvalue weighted by Crippen LogP contribution is 2.54. The number of aliphatic carboxylic acids is 1. The quantitative estimate of drug-likeness (QED) is 0.523. The summed E-state index contributed by atoms with van der Waals surface area (Å²) >= 11 is 1.39. The second-order valence-electron chi connectivity index (χ2n) is 10.3. The van der Waals surface area contributed by atoms with Gasteiger partial charge in [0.15, 0.2) is 0 Å². The predicted molar refractivity (Wildman–Crippen MR) is 128 cm³/mol. The second-order valence-corrected chi connectivity index (χ2v) is 11.3. The molecule has 1 fully saturated rings. The summed E-state index contributed by atoms with van der Waals surface area (Å²) in [6.07, 6.45) is 3.35. The molecule has 180 valence electrons. The van der Waals surface area contributed by atoms with E-state index in [0.29, 0.717) is 22.9 Å². The van der Waals surface area contributed by atoms with Gasteiger partial charge < -0.3 is 14.4 Å². The number of carboxylic acids is 1. The van der Waals surface area contributed by atoms with E-state index in [2.05, 4.69) is 36.0 Å². The monoisotopic (exact) mass is 482 g/mol. The third-order valence-corrected chi connectivity index (χ3v) is 7.28. The maximum Gasteiger partial charge on any atom is 0.329 e. The zero-order valence-corrected chi connectivity index (χ0v) is 20.9. The van der Waals surface area contributed by atoms with E-state index in [1.54, 1.807) is 18.3 Å². The maximum absolute atomic E-state index is 14.1. The Morgan fingerprint density at radius 1 is 1.26 bits per heavy atom. The smallest absolute Gasteiger partial charge is 0.329 e. The molecule has 0 unspecified atom stereocenters. The van der Waals surface area contributed by atoms with Crippen LogP contribution in [0.5, 0.6) is 0 Å². The van der Waals surface area contributed by atoms with Crippen LogP contribution >= 0.6 is 11.3 Å². The maximum atomic E-state index is 14.1. The topological polar surface area (TPSA) is 109 Å². The Bertz CT molecular complexity index is 1140. The molecular weight excluding hydrogens is 452 g/mol. The van der Waals surface area contributed by atoms with Gasteiger partial charge in [0.2, 0.25) is 12.3 Å². The molecule has 3 aromatic rings. The molecule has 4 rings (SSSR count). The molecule has 0 aliphatic carbocycles. The molecule has 1 aliphatic heterocycles. The Hall–Kier alpha value is -3.07. The zero-order valence-electron chi connectivity index (χ0n) is 20.1. The summed E-state index contributed by atoms with van der Waals surface area (Å²) < 4.78 is 5.53. The SMILES string of the molecule is CC(C)C[C@@]1(C(=O)O)C[C@@H](c2nnco2)[C@H](c2nccs2)N1C(=O)c1ccc(C(C)(C)C)cc1. The molecule has 0 radical (unpaired) electrons. The molecular formula is C25H30N4O4S. The summed E-state index contributed by atoms with van der Waals surface area (Å²) in [7, 11) is 0. The lowest BCUT2D eigenvalue weighted by Crippen LogP contribution is -2.54. The largest absolute Gasteiger partial charge is 0.479 e. The molecule has 8 nitrogen and oxygen atoms in total. The molecule has 0 bridgehead atoms. The van der Waals surface area contributed by atoms with Crippen LogP contribution in [-0.4, -0.2) is 42.6 Å².